The fourth-order valence-corrected chi connectivity index (χ4v) is 2.68. The van der Waals surface area contributed by atoms with Crippen molar-refractivity contribution in [1.82, 2.24) is 15.3 Å². The Balaban J connectivity index is 1.94. The standard InChI is InChI=1S/C17H28N4O3/c1-17(2,3)24-16(22)20-14-6-5-8-21(11-14)15-10-13(7-9-23-4)18-12-19-15/h10,12,14H,5-9,11H2,1-4H3,(H,20,22). The number of anilines is 1. The fourth-order valence-electron chi connectivity index (χ4n) is 2.68. The zero-order valence-electron chi connectivity index (χ0n) is 15.0. The molecule has 1 aliphatic rings. The third kappa shape index (κ3) is 5.96. The lowest BCUT2D eigenvalue weighted by Gasteiger charge is -2.34. The van der Waals surface area contributed by atoms with Gasteiger partial charge in [-0.2, -0.15) is 0 Å². The van der Waals surface area contributed by atoms with Crippen LogP contribution in [0.25, 0.3) is 0 Å². The van der Waals surface area contributed by atoms with Gasteiger partial charge in [-0.25, -0.2) is 14.8 Å². The van der Waals surface area contributed by atoms with Gasteiger partial charge in [0.15, 0.2) is 0 Å². The summed E-state index contributed by atoms with van der Waals surface area (Å²) >= 11 is 0. The zero-order valence-corrected chi connectivity index (χ0v) is 15.0. The Kier molecular flexibility index (Phi) is 6.36. The highest BCUT2D eigenvalue weighted by Gasteiger charge is 2.25. The van der Waals surface area contributed by atoms with Crippen LogP contribution >= 0.6 is 0 Å². The van der Waals surface area contributed by atoms with E-state index in [4.69, 9.17) is 9.47 Å². The van der Waals surface area contributed by atoms with Gasteiger partial charge in [-0.15, -0.1) is 0 Å². The Morgan fingerprint density at radius 1 is 1.42 bits per heavy atom. The monoisotopic (exact) mass is 336 g/mol. The Morgan fingerprint density at radius 2 is 2.21 bits per heavy atom. The van der Waals surface area contributed by atoms with Crippen LogP contribution in [0.5, 0.6) is 0 Å². The number of nitrogens with zero attached hydrogens (tertiary/aromatic N) is 3. The van der Waals surface area contributed by atoms with Gasteiger partial charge in [0.25, 0.3) is 0 Å². The summed E-state index contributed by atoms with van der Waals surface area (Å²) in [6.07, 6.45) is 3.93. The molecule has 1 aromatic heterocycles. The third-order valence-corrected chi connectivity index (χ3v) is 3.74. The minimum absolute atomic E-state index is 0.0611. The first-order chi connectivity index (χ1) is 11.4. The van der Waals surface area contributed by atoms with E-state index in [1.54, 1.807) is 13.4 Å². The molecule has 2 rings (SSSR count). The Bertz CT molecular complexity index is 545. The lowest BCUT2D eigenvalue weighted by Crippen LogP contribution is -2.49. The molecule has 1 aliphatic heterocycles. The summed E-state index contributed by atoms with van der Waals surface area (Å²) < 4.78 is 10.4. The molecule has 7 heteroatoms. The van der Waals surface area contributed by atoms with Gasteiger partial charge in [-0.1, -0.05) is 0 Å². The number of carbonyl (C=O) groups excluding carboxylic acids is 1. The van der Waals surface area contributed by atoms with Gasteiger partial charge < -0.3 is 19.7 Å². The normalized spacial score (nSPS) is 18.3. The van der Waals surface area contributed by atoms with E-state index < -0.39 is 5.60 Å². The lowest BCUT2D eigenvalue weighted by atomic mass is 10.1. The highest BCUT2D eigenvalue weighted by molar-refractivity contribution is 5.68. The predicted molar refractivity (Wildman–Crippen MR) is 92.2 cm³/mol. The quantitative estimate of drug-likeness (QED) is 0.888. The molecule has 2 heterocycles. The van der Waals surface area contributed by atoms with Gasteiger partial charge in [-0.05, 0) is 33.6 Å². The van der Waals surface area contributed by atoms with Crippen LogP contribution in [-0.2, 0) is 15.9 Å². The first kappa shape index (κ1) is 18.4. The molecule has 0 aromatic carbocycles. The van der Waals surface area contributed by atoms with Crippen LogP contribution in [-0.4, -0.2) is 54.5 Å². The summed E-state index contributed by atoms with van der Waals surface area (Å²) in [7, 11) is 1.68. The van der Waals surface area contributed by atoms with Gasteiger partial charge in [0.1, 0.15) is 17.7 Å². The van der Waals surface area contributed by atoms with E-state index in [1.165, 1.54) is 0 Å². The Morgan fingerprint density at radius 3 is 2.92 bits per heavy atom. The minimum atomic E-state index is -0.485. The lowest BCUT2D eigenvalue weighted by molar-refractivity contribution is 0.0500. The average molecular weight is 336 g/mol. The summed E-state index contributed by atoms with van der Waals surface area (Å²) in [4.78, 5) is 22.8. The van der Waals surface area contributed by atoms with E-state index in [1.807, 2.05) is 26.8 Å². The number of piperidine rings is 1. The van der Waals surface area contributed by atoms with E-state index in [9.17, 15) is 4.79 Å². The van der Waals surface area contributed by atoms with Gasteiger partial charge in [0, 0.05) is 44.4 Å². The molecule has 1 unspecified atom stereocenters. The summed E-state index contributed by atoms with van der Waals surface area (Å²) in [5.41, 5.74) is 0.477. The molecule has 1 fully saturated rings. The summed E-state index contributed by atoms with van der Waals surface area (Å²) in [5, 5.41) is 2.96. The average Bonchev–Trinajstić information content (AvgIpc) is 2.51. The number of amides is 1. The van der Waals surface area contributed by atoms with Crippen LogP contribution in [0.3, 0.4) is 0 Å². The molecule has 0 bridgehead atoms. The van der Waals surface area contributed by atoms with Gasteiger partial charge in [0.2, 0.25) is 0 Å². The number of hydrogen-bond acceptors (Lipinski definition) is 6. The maximum absolute atomic E-state index is 12.0. The number of alkyl carbamates (subject to hydrolysis) is 1. The van der Waals surface area contributed by atoms with E-state index in [2.05, 4.69) is 20.2 Å². The van der Waals surface area contributed by atoms with Crippen molar-refractivity contribution in [3.05, 3.63) is 18.1 Å². The molecule has 24 heavy (non-hydrogen) atoms. The third-order valence-electron chi connectivity index (χ3n) is 3.74. The second-order valence-electron chi connectivity index (χ2n) is 7.04. The molecule has 0 radical (unpaired) electrons. The Labute approximate surface area is 143 Å². The van der Waals surface area contributed by atoms with Gasteiger partial charge in [-0.3, -0.25) is 0 Å². The van der Waals surface area contributed by atoms with E-state index in [0.29, 0.717) is 6.61 Å². The number of ether oxygens (including phenoxy) is 2. The molecule has 1 N–H and O–H groups in total. The van der Waals surface area contributed by atoms with Gasteiger partial charge >= 0.3 is 6.09 Å². The van der Waals surface area contributed by atoms with Crippen LogP contribution in [0.2, 0.25) is 0 Å². The van der Waals surface area contributed by atoms with Crippen LogP contribution in [0.1, 0.15) is 39.3 Å². The molecule has 134 valence electrons. The van der Waals surface area contributed by atoms with Crippen molar-refractivity contribution in [2.75, 3.05) is 31.7 Å². The SMILES string of the molecule is COCCc1cc(N2CCCC(NC(=O)OC(C)(C)C)C2)ncn1. The summed E-state index contributed by atoms with van der Waals surface area (Å²) in [5.74, 6) is 0.895. The topological polar surface area (TPSA) is 76.6 Å². The first-order valence-corrected chi connectivity index (χ1v) is 8.42. The van der Waals surface area contributed by atoms with Crippen molar-refractivity contribution in [3.8, 4) is 0 Å². The highest BCUT2D eigenvalue weighted by atomic mass is 16.6. The number of rotatable bonds is 5. The van der Waals surface area contributed by atoms with Crippen LogP contribution < -0.4 is 10.2 Å². The van der Waals surface area contributed by atoms with E-state index in [-0.39, 0.29) is 12.1 Å². The van der Waals surface area contributed by atoms with E-state index >= 15 is 0 Å². The molecule has 0 saturated carbocycles. The number of methoxy groups -OCH3 is 1. The van der Waals surface area contributed by atoms with E-state index in [0.717, 1.165) is 43.9 Å². The minimum Gasteiger partial charge on any atom is -0.444 e. The number of carbonyl (C=O) groups is 1. The highest BCUT2D eigenvalue weighted by Crippen LogP contribution is 2.19. The molecule has 1 saturated heterocycles. The van der Waals surface area contributed by atoms with Crippen molar-refractivity contribution in [1.29, 1.82) is 0 Å². The fraction of sp³-hybridized carbons (Fsp3) is 0.706. The summed E-state index contributed by atoms with van der Waals surface area (Å²) in [6.45, 7) is 7.87. The van der Waals surface area contributed by atoms with Crippen molar-refractivity contribution in [2.45, 2.75) is 51.7 Å². The number of aromatic nitrogens is 2. The first-order valence-electron chi connectivity index (χ1n) is 8.42. The molecule has 7 nitrogen and oxygen atoms in total. The summed E-state index contributed by atoms with van der Waals surface area (Å²) in [6, 6.07) is 2.06. The largest absolute Gasteiger partial charge is 0.444 e. The molecular weight excluding hydrogens is 308 g/mol. The molecule has 1 atom stereocenters. The van der Waals surface area contributed by atoms with Crippen LogP contribution in [0, 0.1) is 0 Å². The maximum Gasteiger partial charge on any atom is 0.407 e. The molecule has 1 amide bonds. The van der Waals surface area contributed by atoms with Crippen molar-refractivity contribution in [2.24, 2.45) is 0 Å². The van der Waals surface area contributed by atoms with Crippen LogP contribution in [0.15, 0.2) is 12.4 Å². The number of hydrogen-bond donors (Lipinski definition) is 1. The molecule has 1 aromatic rings. The molecule has 0 spiro atoms. The van der Waals surface area contributed by atoms with Crippen molar-refractivity contribution >= 4 is 11.9 Å². The molecular formula is C17H28N4O3. The van der Waals surface area contributed by atoms with Crippen molar-refractivity contribution < 1.29 is 14.3 Å². The van der Waals surface area contributed by atoms with Gasteiger partial charge in [0.05, 0.1) is 6.61 Å². The number of nitrogens with one attached hydrogen (secondary N) is 1. The van der Waals surface area contributed by atoms with Crippen LogP contribution in [0.4, 0.5) is 10.6 Å². The smallest absolute Gasteiger partial charge is 0.407 e. The molecule has 0 aliphatic carbocycles. The van der Waals surface area contributed by atoms with Crippen molar-refractivity contribution in [3.63, 3.8) is 0 Å². The zero-order chi connectivity index (χ0) is 17.6. The Hall–Kier alpha value is -1.89. The second kappa shape index (κ2) is 8.28. The maximum atomic E-state index is 12.0. The second-order valence-corrected chi connectivity index (χ2v) is 7.04. The predicted octanol–water partition coefficient (Wildman–Crippen LogP) is 2.16.